The zero-order valence-corrected chi connectivity index (χ0v) is 16.4. The van der Waals surface area contributed by atoms with Crippen LogP contribution in [0.1, 0.15) is 18.9 Å². The molecule has 2 atom stereocenters. The fourth-order valence-corrected chi connectivity index (χ4v) is 3.62. The Morgan fingerprint density at radius 2 is 1.96 bits per heavy atom. The van der Waals surface area contributed by atoms with Crippen molar-refractivity contribution in [2.24, 2.45) is 11.3 Å². The van der Waals surface area contributed by atoms with E-state index in [9.17, 15) is 9.59 Å². The zero-order valence-electron chi connectivity index (χ0n) is 14.8. The van der Waals surface area contributed by atoms with Gasteiger partial charge in [-0.05, 0) is 18.9 Å². The van der Waals surface area contributed by atoms with Crippen molar-refractivity contribution in [3.05, 3.63) is 35.9 Å². The first kappa shape index (κ1) is 22.5. The highest BCUT2D eigenvalue weighted by molar-refractivity contribution is 5.85. The number of carbonyl (C=O) groups excluding carboxylic acids is 2. The van der Waals surface area contributed by atoms with E-state index >= 15 is 0 Å². The van der Waals surface area contributed by atoms with Gasteiger partial charge in [-0.15, -0.1) is 24.8 Å². The molecule has 0 bridgehead atoms. The molecule has 0 spiro atoms. The minimum absolute atomic E-state index is 0. The van der Waals surface area contributed by atoms with Gasteiger partial charge in [0.2, 0.25) is 0 Å². The highest BCUT2D eigenvalue weighted by Crippen LogP contribution is 2.40. The molecule has 2 aliphatic rings. The molecule has 146 valence electrons. The maximum Gasteiger partial charge on any atom is 0.410 e. The van der Waals surface area contributed by atoms with E-state index in [0.717, 1.165) is 12.1 Å². The molecule has 6 nitrogen and oxygen atoms in total. The lowest BCUT2D eigenvalue weighted by atomic mass is 9.72. The van der Waals surface area contributed by atoms with Gasteiger partial charge in [-0.25, -0.2) is 4.79 Å². The van der Waals surface area contributed by atoms with Crippen molar-refractivity contribution >= 4 is 36.9 Å². The highest BCUT2D eigenvalue weighted by Gasteiger charge is 2.53. The zero-order chi connectivity index (χ0) is 17.0. The number of amides is 1. The molecule has 26 heavy (non-hydrogen) atoms. The average Bonchev–Trinajstić information content (AvgIpc) is 3.05. The van der Waals surface area contributed by atoms with Crippen LogP contribution >= 0.6 is 24.8 Å². The second kappa shape index (κ2) is 10.00. The molecule has 0 unspecified atom stereocenters. The van der Waals surface area contributed by atoms with E-state index in [1.807, 2.05) is 37.3 Å². The van der Waals surface area contributed by atoms with Gasteiger partial charge in [0.15, 0.2) is 0 Å². The van der Waals surface area contributed by atoms with Crippen LogP contribution < -0.4 is 5.32 Å². The summed E-state index contributed by atoms with van der Waals surface area (Å²) in [5, 5.41) is 3.28. The summed E-state index contributed by atoms with van der Waals surface area (Å²) >= 11 is 0. The quantitative estimate of drug-likeness (QED) is 0.781. The maximum absolute atomic E-state index is 12.4. The first-order chi connectivity index (χ1) is 11.7. The van der Waals surface area contributed by atoms with Crippen LogP contribution in [0.3, 0.4) is 0 Å². The Kier molecular flexibility index (Phi) is 8.67. The molecular formula is C18H26Cl2N2O4. The number of esters is 1. The third kappa shape index (κ3) is 4.61. The van der Waals surface area contributed by atoms with E-state index in [4.69, 9.17) is 9.47 Å². The number of nitrogens with one attached hydrogen (secondary N) is 1. The molecule has 8 heteroatoms. The van der Waals surface area contributed by atoms with E-state index in [0.29, 0.717) is 32.7 Å². The van der Waals surface area contributed by atoms with Crippen LogP contribution in [0.25, 0.3) is 0 Å². The minimum atomic E-state index is -0.494. The predicted molar refractivity (Wildman–Crippen MR) is 103 cm³/mol. The summed E-state index contributed by atoms with van der Waals surface area (Å²) in [5.41, 5.74) is 0.470. The highest BCUT2D eigenvalue weighted by atomic mass is 35.5. The van der Waals surface area contributed by atoms with Gasteiger partial charge in [0.05, 0.1) is 12.0 Å². The van der Waals surface area contributed by atoms with Crippen molar-refractivity contribution in [3.8, 4) is 0 Å². The Morgan fingerprint density at radius 1 is 1.23 bits per heavy atom. The third-order valence-corrected chi connectivity index (χ3v) is 5.03. The molecular weight excluding hydrogens is 379 g/mol. The molecule has 2 saturated heterocycles. The molecule has 2 fully saturated rings. The van der Waals surface area contributed by atoms with Crippen molar-refractivity contribution in [1.82, 2.24) is 10.2 Å². The van der Waals surface area contributed by atoms with Crippen molar-refractivity contribution < 1.29 is 19.1 Å². The van der Waals surface area contributed by atoms with Crippen molar-refractivity contribution in [1.29, 1.82) is 0 Å². The average molecular weight is 405 g/mol. The Bertz CT molecular complexity index is 602. The van der Waals surface area contributed by atoms with Crippen molar-refractivity contribution in [2.75, 3.05) is 32.8 Å². The summed E-state index contributed by atoms with van der Waals surface area (Å²) < 4.78 is 10.7. The molecule has 0 aliphatic carbocycles. The molecule has 0 radical (unpaired) electrons. The lowest BCUT2D eigenvalue weighted by Crippen LogP contribution is -2.53. The number of nitrogens with zero attached hydrogens (tertiary/aromatic N) is 1. The lowest BCUT2D eigenvalue weighted by Gasteiger charge is -2.41. The number of ether oxygens (including phenoxy) is 2. The van der Waals surface area contributed by atoms with Gasteiger partial charge in [0.1, 0.15) is 6.61 Å². The SMILES string of the molecule is CCOC(=O)[C@@]12CCN(C(=O)OCc3ccccc3)C[C@@H]1CNC2.Cl.Cl. The Labute approximate surface area is 166 Å². The molecule has 1 aromatic rings. The fraction of sp³-hybridized carbons (Fsp3) is 0.556. The molecule has 3 rings (SSSR count). The number of hydrogen-bond acceptors (Lipinski definition) is 5. The first-order valence-corrected chi connectivity index (χ1v) is 8.49. The molecule has 2 heterocycles. The van der Waals surface area contributed by atoms with Gasteiger partial charge >= 0.3 is 12.1 Å². The van der Waals surface area contributed by atoms with E-state index in [1.165, 1.54) is 0 Å². The van der Waals surface area contributed by atoms with Crippen LogP contribution in [-0.2, 0) is 20.9 Å². The van der Waals surface area contributed by atoms with E-state index in [2.05, 4.69) is 5.32 Å². The van der Waals surface area contributed by atoms with Gasteiger partial charge < -0.3 is 19.7 Å². The van der Waals surface area contributed by atoms with Crippen LogP contribution in [0.5, 0.6) is 0 Å². The maximum atomic E-state index is 12.4. The summed E-state index contributed by atoms with van der Waals surface area (Å²) in [6.07, 6.45) is 0.299. The summed E-state index contributed by atoms with van der Waals surface area (Å²) in [7, 11) is 0. The third-order valence-electron chi connectivity index (χ3n) is 5.03. The van der Waals surface area contributed by atoms with Gasteiger partial charge in [-0.2, -0.15) is 0 Å². The molecule has 0 aromatic heterocycles. The summed E-state index contributed by atoms with van der Waals surface area (Å²) in [6, 6.07) is 9.62. The fourth-order valence-electron chi connectivity index (χ4n) is 3.62. The number of fused-ring (bicyclic) bond motifs is 1. The number of benzene rings is 1. The van der Waals surface area contributed by atoms with E-state index in [1.54, 1.807) is 4.90 Å². The smallest absolute Gasteiger partial charge is 0.410 e. The molecule has 0 saturated carbocycles. The molecule has 2 aliphatic heterocycles. The van der Waals surface area contributed by atoms with E-state index < -0.39 is 5.41 Å². The summed E-state index contributed by atoms with van der Waals surface area (Å²) in [6.45, 7) is 4.87. The monoisotopic (exact) mass is 404 g/mol. The van der Waals surface area contributed by atoms with E-state index in [-0.39, 0.29) is 49.4 Å². The molecule has 1 amide bonds. The van der Waals surface area contributed by atoms with Crippen molar-refractivity contribution in [2.45, 2.75) is 20.0 Å². The van der Waals surface area contributed by atoms with Crippen LogP contribution in [0.4, 0.5) is 4.79 Å². The second-order valence-corrected chi connectivity index (χ2v) is 6.44. The number of rotatable bonds is 4. The minimum Gasteiger partial charge on any atom is -0.466 e. The normalized spacial score (nSPS) is 23.9. The summed E-state index contributed by atoms with van der Waals surface area (Å²) in [5.74, 6) is -0.0631. The number of hydrogen-bond donors (Lipinski definition) is 1. The van der Waals surface area contributed by atoms with Crippen LogP contribution in [0, 0.1) is 11.3 Å². The largest absolute Gasteiger partial charge is 0.466 e. The number of halogens is 2. The van der Waals surface area contributed by atoms with Gasteiger partial charge in [0, 0.05) is 32.1 Å². The topological polar surface area (TPSA) is 67.9 Å². The molecule has 1 N–H and O–H groups in total. The summed E-state index contributed by atoms with van der Waals surface area (Å²) in [4.78, 5) is 26.4. The van der Waals surface area contributed by atoms with Crippen molar-refractivity contribution in [3.63, 3.8) is 0 Å². The Morgan fingerprint density at radius 3 is 2.65 bits per heavy atom. The predicted octanol–water partition coefficient (Wildman–Crippen LogP) is 2.64. The lowest BCUT2D eigenvalue weighted by molar-refractivity contribution is -0.159. The standard InChI is InChI=1S/C18H24N2O4.2ClH/c1-2-23-16(21)18-8-9-20(11-15(18)10-19-13-18)17(22)24-12-14-6-4-3-5-7-14;;/h3-7,15,19H,2,8-13H2,1H3;2*1H/t15-,18+;;/m0../s1. The van der Waals surface area contributed by atoms with Crippen LogP contribution in [0.2, 0.25) is 0 Å². The Balaban J connectivity index is 0.00000169. The first-order valence-electron chi connectivity index (χ1n) is 8.49. The molecule has 1 aromatic carbocycles. The number of piperidine rings is 1. The van der Waals surface area contributed by atoms with Crippen LogP contribution in [-0.4, -0.2) is 49.7 Å². The van der Waals surface area contributed by atoms with Crippen LogP contribution in [0.15, 0.2) is 30.3 Å². The van der Waals surface area contributed by atoms with Gasteiger partial charge in [0.25, 0.3) is 0 Å². The number of carbonyl (C=O) groups is 2. The number of likely N-dealkylation sites (tertiary alicyclic amines) is 1. The Hall–Kier alpha value is -1.50. The van der Waals surface area contributed by atoms with Gasteiger partial charge in [-0.3, -0.25) is 4.79 Å². The second-order valence-electron chi connectivity index (χ2n) is 6.44. The van der Waals surface area contributed by atoms with Gasteiger partial charge in [-0.1, -0.05) is 30.3 Å².